The van der Waals surface area contributed by atoms with Crippen molar-refractivity contribution in [2.24, 2.45) is 0 Å². The van der Waals surface area contributed by atoms with Crippen LogP contribution in [0.1, 0.15) is 22.5 Å². The normalized spacial score (nSPS) is 11.2. The molecule has 1 heterocycles. The number of rotatable bonds is 5. The van der Waals surface area contributed by atoms with Crippen LogP contribution in [-0.2, 0) is 4.79 Å². The fourth-order valence-electron chi connectivity index (χ4n) is 2.59. The van der Waals surface area contributed by atoms with Crippen molar-refractivity contribution >= 4 is 45.4 Å². The average Bonchev–Trinajstić information content (AvgIpc) is 3.04. The van der Waals surface area contributed by atoms with E-state index < -0.39 is 5.91 Å². The highest BCUT2D eigenvalue weighted by atomic mass is 79.9. The van der Waals surface area contributed by atoms with Crippen molar-refractivity contribution in [3.8, 4) is 6.07 Å². The van der Waals surface area contributed by atoms with Gasteiger partial charge in [-0.1, -0.05) is 41.6 Å². The number of hydrogen-bond acceptors (Lipinski definition) is 4. The highest BCUT2D eigenvalue weighted by Crippen LogP contribution is 2.36. The van der Waals surface area contributed by atoms with Crippen LogP contribution in [0, 0.1) is 32.1 Å². The molecule has 4 nitrogen and oxygen atoms in total. The van der Waals surface area contributed by atoms with Gasteiger partial charge in [0.05, 0.1) is 4.47 Å². The third-order valence-electron chi connectivity index (χ3n) is 4.41. The second-order valence-electron chi connectivity index (χ2n) is 6.57. The molecule has 0 spiro atoms. The van der Waals surface area contributed by atoms with Crippen LogP contribution < -0.4 is 5.32 Å². The van der Waals surface area contributed by atoms with E-state index in [2.05, 4.69) is 21.2 Å². The summed E-state index contributed by atoms with van der Waals surface area (Å²) in [5.74, 6) is -0.0411. The van der Waals surface area contributed by atoms with E-state index in [9.17, 15) is 10.1 Å². The number of furan rings is 1. The number of carbonyl (C=O) groups is 1. The van der Waals surface area contributed by atoms with E-state index in [0.717, 1.165) is 20.5 Å². The second kappa shape index (κ2) is 9.17. The Kier molecular flexibility index (Phi) is 6.63. The van der Waals surface area contributed by atoms with Gasteiger partial charge in [-0.15, -0.1) is 0 Å². The topological polar surface area (TPSA) is 66.0 Å². The smallest absolute Gasteiger partial charge is 0.266 e. The number of halogens is 1. The third kappa shape index (κ3) is 5.20. The molecule has 0 fully saturated rings. The Labute approximate surface area is 182 Å². The lowest BCUT2D eigenvalue weighted by Gasteiger charge is -2.09. The van der Waals surface area contributed by atoms with Gasteiger partial charge in [-0.2, -0.15) is 5.26 Å². The first-order chi connectivity index (χ1) is 13.9. The van der Waals surface area contributed by atoms with Gasteiger partial charge in [0.25, 0.3) is 5.91 Å². The Morgan fingerprint density at radius 2 is 1.90 bits per heavy atom. The first-order valence-electron chi connectivity index (χ1n) is 8.90. The zero-order chi connectivity index (χ0) is 21.0. The number of hydrogen-bond donors (Lipinski definition) is 1. The molecular formula is C23H19BrN2O2S. The molecule has 3 aromatic rings. The Morgan fingerprint density at radius 1 is 1.17 bits per heavy atom. The minimum atomic E-state index is -0.471. The molecule has 2 aromatic carbocycles. The number of nitrogens with zero attached hydrogens (tertiary/aromatic N) is 1. The maximum atomic E-state index is 12.6. The van der Waals surface area contributed by atoms with Gasteiger partial charge in [-0.25, -0.2) is 0 Å². The second-order valence-corrected chi connectivity index (χ2v) is 8.47. The van der Waals surface area contributed by atoms with E-state index in [-0.39, 0.29) is 5.57 Å². The zero-order valence-corrected chi connectivity index (χ0v) is 18.6. The Morgan fingerprint density at radius 3 is 2.59 bits per heavy atom. The van der Waals surface area contributed by atoms with Crippen LogP contribution in [0.15, 0.2) is 73.0 Å². The van der Waals surface area contributed by atoms with E-state index in [0.29, 0.717) is 16.5 Å². The van der Waals surface area contributed by atoms with Gasteiger partial charge in [0.2, 0.25) is 0 Å². The van der Waals surface area contributed by atoms with Crippen molar-refractivity contribution in [1.29, 1.82) is 5.26 Å². The van der Waals surface area contributed by atoms with E-state index in [1.807, 2.05) is 69.3 Å². The van der Waals surface area contributed by atoms with Gasteiger partial charge in [-0.05, 0) is 72.1 Å². The first kappa shape index (κ1) is 21.0. The summed E-state index contributed by atoms with van der Waals surface area (Å²) in [6, 6.07) is 17.5. The lowest BCUT2D eigenvalue weighted by Crippen LogP contribution is -2.14. The molecule has 1 aromatic heterocycles. The van der Waals surface area contributed by atoms with Gasteiger partial charge in [-0.3, -0.25) is 4.79 Å². The molecule has 0 unspecified atom stereocenters. The maximum absolute atomic E-state index is 12.6. The lowest BCUT2D eigenvalue weighted by atomic mass is 10.1. The molecule has 0 bridgehead atoms. The maximum Gasteiger partial charge on any atom is 0.266 e. The number of aryl methyl sites for hydroxylation is 2. The zero-order valence-electron chi connectivity index (χ0n) is 16.2. The van der Waals surface area contributed by atoms with Gasteiger partial charge < -0.3 is 9.73 Å². The molecule has 0 radical (unpaired) electrons. The minimum Gasteiger partial charge on any atom is -0.449 e. The monoisotopic (exact) mass is 466 g/mol. The van der Waals surface area contributed by atoms with Crippen LogP contribution in [0.5, 0.6) is 0 Å². The SMILES string of the molecule is Cc1ccc(Sc2oc(/C=C(/C#N)C(=O)Nc3cccc(C)c3C)cc2Br)cc1. The Balaban J connectivity index is 1.80. The van der Waals surface area contributed by atoms with Crippen LogP contribution in [0.2, 0.25) is 0 Å². The molecule has 1 amide bonds. The number of benzene rings is 2. The van der Waals surface area contributed by atoms with Crippen molar-refractivity contribution in [3.63, 3.8) is 0 Å². The van der Waals surface area contributed by atoms with Crippen LogP contribution >= 0.6 is 27.7 Å². The predicted octanol–water partition coefficient (Wildman–Crippen LogP) is 6.66. The molecule has 3 rings (SSSR count). The molecule has 0 saturated carbocycles. The van der Waals surface area contributed by atoms with Crippen molar-refractivity contribution in [2.75, 3.05) is 5.32 Å². The molecule has 0 saturated heterocycles. The van der Waals surface area contributed by atoms with Crippen LogP contribution in [0.3, 0.4) is 0 Å². The average molecular weight is 467 g/mol. The molecule has 0 aliphatic rings. The predicted molar refractivity (Wildman–Crippen MR) is 120 cm³/mol. The van der Waals surface area contributed by atoms with Crippen molar-refractivity contribution < 1.29 is 9.21 Å². The molecule has 1 N–H and O–H groups in total. The molecule has 0 aliphatic carbocycles. The largest absolute Gasteiger partial charge is 0.449 e. The quantitative estimate of drug-likeness (QED) is 0.337. The van der Waals surface area contributed by atoms with Gasteiger partial charge in [0, 0.05) is 16.7 Å². The van der Waals surface area contributed by atoms with E-state index >= 15 is 0 Å². The Hall–Kier alpha value is -2.75. The van der Waals surface area contributed by atoms with Gasteiger partial charge in [0.15, 0.2) is 5.09 Å². The number of amides is 1. The first-order valence-corrected chi connectivity index (χ1v) is 10.5. The fraction of sp³-hybridized carbons (Fsp3) is 0.130. The van der Waals surface area contributed by atoms with Crippen molar-refractivity contribution in [1.82, 2.24) is 0 Å². The lowest BCUT2D eigenvalue weighted by molar-refractivity contribution is -0.112. The molecule has 0 atom stereocenters. The summed E-state index contributed by atoms with van der Waals surface area (Å²) in [5, 5.41) is 12.9. The van der Waals surface area contributed by atoms with Crippen LogP contribution in [-0.4, -0.2) is 5.91 Å². The molecule has 6 heteroatoms. The summed E-state index contributed by atoms with van der Waals surface area (Å²) in [7, 11) is 0. The number of nitriles is 1. The van der Waals surface area contributed by atoms with E-state index in [1.54, 1.807) is 6.07 Å². The summed E-state index contributed by atoms with van der Waals surface area (Å²) < 4.78 is 6.60. The summed E-state index contributed by atoms with van der Waals surface area (Å²) in [4.78, 5) is 13.6. The molecular weight excluding hydrogens is 448 g/mol. The molecule has 29 heavy (non-hydrogen) atoms. The van der Waals surface area contributed by atoms with Crippen LogP contribution in [0.25, 0.3) is 6.08 Å². The summed E-state index contributed by atoms with van der Waals surface area (Å²) in [6.45, 7) is 5.94. The van der Waals surface area contributed by atoms with E-state index in [1.165, 1.54) is 23.4 Å². The number of anilines is 1. The highest BCUT2D eigenvalue weighted by Gasteiger charge is 2.15. The standard InChI is InChI=1S/C23H19BrN2O2S/c1-14-7-9-19(10-8-14)29-23-20(24)12-18(28-23)11-17(13-25)22(27)26-21-6-4-5-15(2)16(21)3/h4-12H,1-3H3,(H,26,27)/b17-11-. The number of carbonyl (C=O) groups excluding carboxylic acids is 1. The summed E-state index contributed by atoms with van der Waals surface area (Å²) in [5.41, 5.74) is 3.88. The van der Waals surface area contributed by atoms with Gasteiger partial charge >= 0.3 is 0 Å². The van der Waals surface area contributed by atoms with Crippen LogP contribution in [0.4, 0.5) is 5.69 Å². The third-order valence-corrected chi connectivity index (χ3v) is 6.26. The van der Waals surface area contributed by atoms with Crippen molar-refractivity contribution in [3.05, 3.63) is 81.0 Å². The number of nitrogens with one attached hydrogen (secondary N) is 1. The minimum absolute atomic E-state index is 0.0287. The Bertz CT molecular complexity index is 1120. The van der Waals surface area contributed by atoms with Crippen molar-refractivity contribution in [2.45, 2.75) is 30.8 Å². The van der Waals surface area contributed by atoms with Gasteiger partial charge in [0.1, 0.15) is 17.4 Å². The summed E-state index contributed by atoms with van der Waals surface area (Å²) >= 11 is 4.95. The summed E-state index contributed by atoms with van der Waals surface area (Å²) in [6.07, 6.45) is 1.45. The fourth-order valence-corrected chi connectivity index (χ4v) is 3.92. The van der Waals surface area contributed by atoms with E-state index in [4.69, 9.17) is 4.42 Å². The molecule has 0 aliphatic heterocycles. The highest BCUT2D eigenvalue weighted by molar-refractivity contribution is 9.10. The molecule has 146 valence electrons.